The molecule has 0 amide bonds. The molecule has 1 rings (SSSR count). The maximum absolute atomic E-state index is 9.24. The van der Waals surface area contributed by atoms with Crippen LogP contribution in [0.2, 0.25) is 0 Å². The first-order valence-corrected chi connectivity index (χ1v) is 3.59. The van der Waals surface area contributed by atoms with Crippen LogP contribution in [0.1, 0.15) is 24.2 Å². The molecule has 0 aliphatic rings. The molecule has 2 heteroatoms. The van der Waals surface area contributed by atoms with Gasteiger partial charge in [0.25, 0.3) is 0 Å². The molecule has 60 valence electrons. The lowest BCUT2D eigenvalue weighted by atomic mass is 10.0. The van der Waals surface area contributed by atoms with Crippen LogP contribution in [0, 0.1) is 6.92 Å². The van der Waals surface area contributed by atoms with Gasteiger partial charge in [-0.15, -0.1) is 0 Å². The van der Waals surface area contributed by atoms with Crippen molar-refractivity contribution in [3.05, 3.63) is 29.3 Å². The average molecular weight is 152 g/mol. The predicted molar refractivity (Wildman–Crippen MR) is 43.5 cm³/mol. The van der Waals surface area contributed by atoms with Crippen LogP contribution in [0.3, 0.4) is 0 Å². The third-order valence-corrected chi connectivity index (χ3v) is 1.80. The second kappa shape index (κ2) is 2.93. The third kappa shape index (κ3) is 1.52. The van der Waals surface area contributed by atoms with Gasteiger partial charge in [0.05, 0.1) is 6.10 Å². The minimum Gasteiger partial charge on any atom is -0.508 e. The smallest absolute Gasteiger partial charge is 0.118 e. The molecule has 1 aromatic rings. The molecule has 11 heavy (non-hydrogen) atoms. The summed E-state index contributed by atoms with van der Waals surface area (Å²) in [4.78, 5) is 0. The van der Waals surface area contributed by atoms with Crippen LogP contribution in [0.5, 0.6) is 5.75 Å². The van der Waals surface area contributed by atoms with E-state index in [1.807, 2.05) is 0 Å². The van der Waals surface area contributed by atoms with Gasteiger partial charge in [0.15, 0.2) is 0 Å². The van der Waals surface area contributed by atoms with E-state index in [0.29, 0.717) is 0 Å². The third-order valence-electron chi connectivity index (χ3n) is 1.80. The normalized spacial score (nSPS) is 13.0. The molecule has 0 aliphatic carbocycles. The highest BCUT2D eigenvalue weighted by molar-refractivity contribution is 5.38. The lowest BCUT2D eigenvalue weighted by molar-refractivity contribution is 0.198. The van der Waals surface area contributed by atoms with Crippen molar-refractivity contribution in [3.63, 3.8) is 0 Å². The van der Waals surface area contributed by atoms with Crippen LogP contribution in [0.15, 0.2) is 18.2 Å². The summed E-state index contributed by atoms with van der Waals surface area (Å²) in [5, 5.41) is 18.5. The molecule has 1 unspecified atom stereocenters. The standard InChI is InChI=1S/C9H12O2/c1-6-8(7(2)10)4-3-5-9(6)11/h3-5,7,10-11H,1-2H3. The molecule has 1 aromatic carbocycles. The van der Waals surface area contributed by atoms with Crippen LogP contribution in [-0.2, 0) is 0 Å². The molecule has 0 fully saturated rings. The summed E-state index contributed by atoms with van der Waals surface area (Å²) in [6.45, 7) is 3.47. The van der Waals surface area contributed by atoms with Crippen molar-refractivity contribution in [2.24, 2.45) is 0 Å². The zero-order chi connectivity index (χ0) is 8.43. The Labute approximate surface area is 66.1 Å². The van der Waals surface area contributed by atoms with Crippen molar-refractivity contribution < 1.29 is 10.2 Å². The van der Waals surface area contributed by atoms with E-state index < -0.39 is 6.10 Å². The lowest BCUT2D eigenvalue weighted by Crippen LogP contribution is -1.93. The van der Waals surface area contributed by atoms with Gasteiger partial charge in [0.2, 0.25) is 0 Å². The monoisotopic (exact) mass is 152 g/mol. The van der Waals surface area contributed by atoms with E-state index in [-0.39, 0.29) is 5.75 Å². The van der Waals surface area contributed by atoms with Gasteiger partial charge in [-0.1, -0.05) is 12.1 Å². The number of rotatable bonds is 1. The minimum absolute atomic E-state index is 0.239. The molecule has 0 radical (unpaired) electrons. The fourth-order valence-electron chi connectivity index (χ4n) is 1.09. The Morgan fingerprint density at radius 2 is 2.00 bits per heavy atom. The van der Waals surface area contributed by atoms with Crippen molar-refractivity contribution in [3.8, 4) is 5.75 Å². The van der Waals surface area contributed by atoms with Gasteiger partial charge < -0.3 is 10.2 Å². The molecule has 2 N–H and O–H groups in total. The molecular formula is C9H12O2. The largest absolute Gasteiger partial charge is 0.508 e. The summed E-state index contributed by atoms with van der Waals surface area (Å²) < 4.78 is 0. The van der Waals surface area contributed by atoms with Crippen molar-refractivity contribution in [1.82, 2.24) is 0 Å². The molecule has 0 aromatic heterocycles. The molecule has 0 saturated carbocycles. The molecule has 0 saturated heterocycles. The summed E-state index contributed by atoms with van der Waals surface area (Å²) in [6, 6.07) is 5.14. The summed E-state index contributed by atoms with van der Waals surface area (Å²) in [5.74, 6) is 0.239. The Hall–Kier alpha value is -1.02. The van der Waals surface area contributed by atoms with Crippen LogP contribution >= 0.6 is 0 Å². The average Bonchev–Trinajstić information content (AvgIpc) is 1.94. The zero-order valence-electron chi connectivity index (χ0n) is 6.70. The summed E-state index contributed by atoms with van der Waals surface area (Å²) >= 11 is 0. The minimum atomic E-state index is -0.512. The Morgan fingerprint density at radius 3 is 2.45 bits per heavy atom. The fourth-order valence-corrected chi connectivity index (χ4v) is 1.09. The van der Waals surface area contributed by atoms with Crippen LogP contribution in [-0.4, -0.2) is 10.2 Å². The maximum Gasteiger partial charge on any atom is 0.118 e. The highest BCUT2D eigenvalue weighted by atomic mass is 16.3. The molecule has 0 spiro atoms. The van der Waals surface area contributed by atoms with Gasteiger partial charge in [0.1, 0.15) is 5.75 Å². The predicted octanol–water partition coefficient (Wildman–Crippen LogP) is 1.75. The van der Waals surface area contributed by atoms with E-state index >= 15 is 0 Å². The molecule has 2 nitrogen and oxygen atoms in total. The summed E-state index contributed by atoms with van der Waals surface area (Å²) in [7, 11) is 0. The van der Waals surface area contributed by atoms with Crippen LogP contribution < -0.4 is 0 Å². The van der Waals surface area contributed by atoms with Gasteiger partial charge in [-0.05, 0) is 31.0 Å². The summed E-state index contributed by atoms with van der Waals surface area (Å²) in [5.41, 5.74) is 1.53. The van der Waals surface area contributed by atoms with Gasteiger partial charge >= 0.3 is 0 Å². The maximum atomic E-state index is 9.24. The first-order valence-electron chi connectivity index (χ1n) is 3.59. The van der Waals surface area contributed by atoms with E-state index in [2.05, 4.69) is 0 Å². The molecule has 1 atom stereocenters. The SMILES string of the molecule is Cc1c(O)cccc1C(C)O. The zero-order valence-corrected chi connectivity index (χ0v) is 6.70. The van der Waals surface area contributed by atoms with Crippen molar-refractivity contribution in [2.75, 3.05) is 0 Å². The van der Waals surface area contributed by atoms with Crippen molar-refractivity contribution >= 4 is 0 Å². The Kier molecular flexibility index (Phi) is 2.15. The lowest BCUT2D eigenvalue weighted by Gasteiger charge is -2.08. The number of phenolic OH excluding ortho intramolecular Hbond substituents is 1. The Balaban J connectivity index is 3.17. The van der Waals surface area contributed by atoms with E-state index in [0.717, 1.165) is 11.1 Å². The first-order chi connectivity index (χ1) is 5.13. The molecule has 0 heterocycles. The first kappa shape index (κ1) is 8.08. The molecular weight excluding hydrogens is 140 g/mol. The topological polar surface area (TPSA) is 40.5 Å². The number of hydrogen-bond acceptors (Lipinski definition) is 2. The van der Waals surface area contributed by atoms with E-state index in [1.165, 1.54) is 0 Å². The van der Waals surface area contributed by atoms with Crippen molar-refractivity contribution in [1.29, 1.82) is 0 Å². The number of aromatic hydroxyl groups is 1. The highest BCUT2D eigenvalue weighted by Crippen LogP contribution is 2.24. The van der Waals surface area contributed by atoms with E-state index in [9.17, 15) is 10.2 Å². The summed E-state index contributed by atoms with van der Waals surface area (Å²) in [6.07, 6.45) is -0.512. The molecule has 0 bridgehead atoms. The number of benzene rings is 1. The number of aliphatic hydroxyl groups excluding tert-OH is 1. The van der Waals surface area contributed by atoms with Crippen LogP contribution in [0.4, 0.5) is 0 Å². The van der Waals surface area contributed by atoms with Gasteiger partial charge in [-0.25, -0.2) is 0 Å². The number of phenols is 1. The Morgan fingerprint density at radius 1 is 1.36 bits per heavy atom. The van der Waals surface area contributed by atoms with Crippen LogP contribution in [0.25, 0.3) is 0 Å². The second-order valence-corrected chi connectivity index (χ2v) is 2.67. The van der Waals surface area contributed by atoms with Crippen molar-refractivity contribution in [2.45, 2.75) is 20.0 Å². The molecule has 0 aliphatic heterocycles. The highest BCUT2D eigenvalue weighted by Gasteiger charge is 2.06. The number of hydrogen-bond donors (Lipinski definition) is 2. The van der Waals surface area contributed by atoms with E-state index in [4.69, 9.17) is 0 Å². The quantitative estimate of drug-likeness (QED) is 0.643. The van der Waals surface area contributed by atoms with Gasteiger partial charge in [-0.3, -0.25) is 0 Å². The van der Waals surface area contributed by atoms with Gasteiger partial charge in [0, 0.05) is 0 Å². The number of aliphatic hydroxyl groups is 1. The fraction of sp³-hybridized carbons (Fsp3) is 0.333. The van der Waals surface area contributed by atoms with Gasteiger partial charge in [-0.2, -0.15) is 0 Å². The van der Waals surface area contributed by atoms with E-state index in [1.54, 1.807) is 32.0 Å². The Bertz CT molecular complexity index is 254. The second-order valence-electron chi connectivity index (χ2n) is 2.67.